The molecular weight excluding hydrogens is 204 g/mol. The third kappa shape index (κ3) is 1.39. The van der Waals surface area contributed by atoms with Crippen molar-refractivity contribution in [2.45, 2.75) is 12.1 Å². The van der Waals surface area contributed by atoms with Crippen molar-refractivity contribution in [2.75, 3.05) is 6.61 Å². The fourth-order valence-corrected chi connectivity index (χ4v) is 2.03. The van der Waals surface area contributed by atoms with Gasteiger partial charge in [0.2, 0.25) is 0 Å². The number of rotatable bonds is 1. The van der Waals surface area contributed by atoms with Crippen molar-refractivity contribution in [1.82, 2.24) is 9.78 Å². The summed E-state index contributed by atoms with van der Waals surface area (Å²) in [4.78, 5) is 0. The second-order valence-electron chi connectivity index (χ2n) is 3.85. The van der Waals surface area contributed by atoms with Gasteiger partial charge < -0.3 is 9.84 Å². The molecule has 1 aromatic heterocycles. The average Bonchev–Trinajstić information content (AvgIpc) is 2.83. The predicted molar refractivity (Wildman–Crippen MR) is 58.2 cm³/mol. The number of aliphatic hydroxyl groups is 1. The predicted octanol–water partition coefficient (Wildman–Crippen LogP) is 1.55. The maximum absolute atomic E-state index is 10.3. The third-order valence-corrected chi connectivity index (χ3v) is 2.88. The van der Waals surface area contributed by atoms with Crippen LogP contribution in [0.4, 0.5) is 0 Å². The molecule has 0 saturated carbocycles. The Morgan fingerprint density at radius 3 is 3.00 bits per heavy atom. The van der Waals surface area contributed by atoms with E-state index in [1.807, 2.05) is 36.5 Å². The highest BCUT2D eigenvalue weighted by atomic mass is 16.5. The van der Waals surface area contributed by atoms with Gasteiger partial charge in [0.05, 0.1) is 0 Å². The molecule has 82 valence electrons. The van der Waals surface area contributed by atoms with Crippen molar-refractivity contribution < 1.29 is 9.84 Å². The maximum Gasteiger partial charge on any atom is 0.125 e. The van der Waals surface area contributed by atoms with E-state index in [9.17, 15) is 5.11 Å². The molecule has 0 amide bonds. The molecule has 0 bridgehead atoms. The molecule has 16 heavy (non-hydrogen) atoms. The topological polar surface area (TPSA) is 47.3 Å². The zero-order valence-electron chi connectivity index (χ0n) is 8.65. The Morgan fingerprint density at radius 1 is 1.31 bits per heavy atom. The zero-order chi connectivity index (χ0) is 11.0. The van der Waals surface area contributed by atoms with E-state index in [2.05, 4.69) is 5.10 Å². The zero-order valence-corrected chi connectivity index (χ0v) is 8.65. The molecule has 0 fully saturated rings. The number of para-hydroxylation sites is 1. The second kappa shape index (κ2) is 3.64. The summed E-state index contributed by atoms with van der Waals surface area (Å²) in [6, 6.07) is 9.25. The first-order chi connectivity index (χ1) is 7.86. The van der Waals surface area contributed by atoms with Gasteiger partial charge in [-0.1, -0.05) is 18.2 Å². The van der Waals surface area contributed by atoms with E-state index in [1.165, 1.54) is 0 Å². The Kier molecular flexibility index (Phi) is 2.15. The van der Waals surface area contributed by atoms with Gasteiger partial charge in [0.15, 0.2) is 0 Å². The van der Waals surface area contributed by atoms with Crippen LogP contribution in [-0.2, 0) is 0 Å². The summed E-state index contributed by atoms with van der Waals surface area (Å²) in [5.41, 5.74) is 0.828. The Labute approximate surface area is 93.1 Å². The highest BCUT2D eigenvalue weighted by Crippen LogP contribution is 2.36. The Balaban J connectivity index is 1.98. The van der Waals surface area contributed by atoms with Crippen molar-refractivity contribution in [2.24, 2.45) is 0 Å². The fourth-order valence-electron chi connectivity index (χ4n) is 2.03. The molecular formula is C12H12N2O2. The highest BCUT2D eigenvalue weighted by molar-refractivity contribution is 5.37. The van der Waals surface area contributed by atoms with E-state index >= 15 is 0 Å². The molecule has 1 aliphatic rings. The summed E-state index contributed by atoms with van der Waals surface area (Å²) < 4.78 is 7.35. The lowest BCUT2D eigenvalue weighted by atomic mass is 9.99. The van der Waals surface area contributed by atoms with Crippen molar-refractivity contribution in [3.05, 3.63) is 48.3 Å². The molecule has 2 unspecified atom stereocenters. The van der Waals surface area contributed by atoms with Crippen LogP contribution < -0.4 is 4.74 Å². The summed E-state index contributed by atoms with van der Waals surface area (Å²) in [7, 11) is 0. The minimum absolute atomic E-state index is 0.148. The normalized spacial score (nSPS) is 23.6. The van der Waals surface area contributed by atoms with E-state index in [-0.39, 0.29) is 6.04 Å². The molecule has 1 aromatic carbocycles. The molecule has 2 atom stereocenters. The molecule has 1 N–H and O–H groups in total. The number of hydrogen-bond donors (Lipinski definition) is 1. The van der Waals surface area contributed by atoms with Gasteiger partial charge in [0, 0.05) is 18.0 Å². The van der Waals surface area contributed by atoms with Gasteiger partial charge in [0.1, 0.15) is 24.5 Å². The standard InChI is InChI=1S/C12H12N2O2/c15-12-9-4-1-2-5-11(9)16-8-10(12)14-7-3-6-13-14/h1-7,10,12,15H,8H2. The molecule has 1 aliphatic heterocycles. The largest absolute Gasteiger partial charge is 0.491 e. The van der Waals surface area contributed by atoms with E-state index in [0.29, 0.717) is 6.61 Å². The van der Waals surface area contributed by atoms with Crippen LogP contribution in [0.25, 0.3) is 0 Å². The highest BCUT2D eigenvalue weighted by Gasteiger charge is 2.30. The van der Waals surface area contributed by atoms with Crippen LogP contribution in [-0.4, -0.2) is 21.5 Å². The Morgan fingerprint density at radius 2 is 2.19 bits per heavy atom. The van der Waals surface area contributed by atoms with Crippen LogP contribution in [0.15, 0.2) is 42.7 Å². The van der Waals surface area contributed by atoms with Gasteiger partial charge in [-0.25, -0.2) is 0 Å². The van der Waals surface area contributed by atoms with Crippen LogP contribution in [0.5, 0.6) is 5.75 Å². The number of aromatic nitrogens is 2. The number of benzene rings is 1. The average molecular weight is 216 g/mol. The minimum Gasteiger partial charge on any atom is -0.491 e. The van der Waals surface area contributed by atoms with Crippen LogP contribution in [0.3, 0.4) is 0 Å². The monoisotopic (exact) mass is 216 g/mol. The molecule has 4 heteroatoms. The van der Waals surface area contributed by atoms with Gasteiger partial charge in [0.25, 0.3) is 0 Å². The van der Waals surface area contributed by atoms with Gasteiger partial charge in [-0.05, 0) is 12.1 Å². The smallest absolute Gasteiger partial charge is 0.125 e. The quantitative estimate of drug-likeness (QED) is 0.786. The summed E-state index contributed by atoms with van der Waals surface area (Å²) >= 11 is 0. The molecule has 0 spiro atoms. The first-order valence-electron chi connectivity index (χ1n) is 5.25. The van der Waals surface area contributed by atoms with Gasteiger partial charge in [-0.15, -0.1) is 0 Å². The van der Waals surface area contributed by atoms with E-state index in [4.69, 9.17) is 4.74 Å². The van der Waals surface area contributed by atoms with Crippen LogP contribution >= 0.6 is 0 Å². The molecule has 0 saturated heterocycles. The molecule has 0 radical (unpaired) electrons. The lowest BCUT2D eigenvalue weighted by molar-refractivity contribution is 0.0508. The first-order valence-corrected chi connectivity index (χ1v) is 5.25. The van der Waals surface area contributed by atoms with Crippen molar-refractivity contribution in [3.63, 3.8) is 0 Å². The minimum atomic E-state index is -0.565. The number of fused-ring (bicyclic) bond motifs is 1. The molecule has 2 heterocycles. The molecule has 4 nitrogen and oxygen atoms in total. The maximum atomic E-state index is 10.3. The number of nitrogens with zero attached hydrogens (tertiary/aromatic N) is 2. The number of aliphatic hydroxyl groups excluding tert-OH is 1. The van der Waals surface area contributed by atoms with Crippen LogP contribution in [0.1, 0.15) is 17.7 Å². The number of hydrogen-bond acceptors (Lipinski definition) is 3. The van der Waals surface area contributed by atoms with Gasteiger partial charge >= 0.3 is 0 Å². The molecule has 3 rings (SSSR count). The summed E-state index contributed by atoms with van der Waals surface area (Å²) in [6.07, 6.45) is 2.98. The lowest BCUT2D eigenvalue weighted by Crippen LogP contribution is -2.29. The van der Waals surface area contributed by atoms with Crippen molar-refractivity contribution in [1.29, 1.82) is 0 Å². The fraction of sp³-hybridized carbons (Fsp3) is 0.250. The second-order valence-corrected chi connectivity index (χ2v) is 3.85. The first kappa shape index (κ1) is 9.42. The Hall–Kier alpha value is -1.81. The lowest BCUT2D eigenvalue weighted by Gasteiger charge is -2.30. The van der Waals surface area contributed by atoms with E-state index in [0.717, 1.165) is 11.3 Å². The van der Waals surface area contributed by atoms with Crippen molar-refractivity contribution in [3.8, 4) is 5.75 Å². The van der Waals surface area contributed by atoms with Gasteiger partial charge in [-0.3, -0.25) is 4.68 Å². The van der Waals surface area contributed by atoms with Crippen LogP contribution in [0, 0.1) is 0 Å². The molecule has 2 aromatic rings. The summed E-state index contributed by atoms with van der Waals surface area (Å²) in [5.74, 6) is 0.762. The summed E-state index contributed by atoms with van der Waals surface area (Å²) in [5, 5.41) is 14.4. The number of ether oxygens (including phenoxy) is 1. The molecule has 0 aliphatic carbocycles. The Bertz CT molecular complexity index is 482. The summed E-state index contributed by atoms with van der Waals surface area (Å²) in [6.45, 7) is 0.444. The third-order valence-electron chi connectivity index (χ3n) is 2.88. The van der Waals surface area contributed by atoms with Gasteiger partial charge in [-0.2, -0.15) is 5.10 Å². The SMILES string of the molecule is OC1c2ccccc2OCC1n1cccn1. The van der Waals surface area contributed by atoms with Crippen LogP contribution in [0.2, 0.25) is 0 Å². The van der Waals surface area contributed by atoms with E-state index in [1.54, 1.807) is 10.9 Å². The van der Waals surface area contributed by atoms with Crippen molar-refractivity contribution >= 4 is 0 Å². The van der Waals surface area contributed by atoms with E-state index < -0.39 is 6.10 Å².